The fourth-order valence-corrected chi connectivity index (χ4v) is 3.18. The number of anilines is 1. The van der Waals surface area contributed by atoms with E-state index in [0.29, 0.717) is 11.7 Å². The molecule has 0 radical (unpaired) electrons. The molecule has 1 saturated carbocycles. The number of aromatic nitrogens is 2. The van der Waals surface area contributed by atoms with Crippen LogP contribution in [-0.4, -0.2) is 21.8 Å². The van der Waals surface area contributed by atoms with Crippen LogP contribution < -0.4 is 10.1 Å². The Kier molecular flexibility index (Phi) is 4.69. The summed E-state index contributed by atoms with van der Waals surface area (Å²) in [5, 5.41) is 7.15. The van der Waals surface area contributed by atoms with Crippen LogP contribution in [0.25, 0.3) is 5.69 Å². The van der Waals surface area contributed by atoms with E-state index >= 15 is 0 Å². The van der Waals surface area contributed by atoms with Gasteiger partial charge in [-0.05, 0) is 62.1 Å². The molecule has 26 heavy (non-hydrogen) atoms. The highest BCUT2D eigenvalue weighted by molar-refractivity contribution is 6.04. The number of amides is 1. The van der Waals surface area contributed by atoms with Crippen LogP contribution >= 0.6 is 0 Å². The quantitative estimate of drug-likeness (QED) is 0.742. The highest BCUT2D eigenvalue weighted by atomic mass is 16.5. The van der Waals surface area contributed by atoms with Gasteiger partial charge in [-0.25, -0.2) is 4.68 Å². The minimum atomic E-state index is -0.184. The van der Waals surface area contributed by atoms with Gasteiger partial charge in [0.15, 0.2) is 0 Å². The van der Waals surface area contributed by atoms with E-state index in [1.807, 2.05) is 54.6 Å². The molecular weight excluding hydrogens is 326 g/mol. The Hall–Kier alpha value is -3.08. The molecule has 3 aromatic rings. The Bertz CT molecular complexity index is 866. The predicted octanol–water partition coefficient (Wildman–Crippen LogP) is 4.45. The van der Waals surface area contributed by atoms with Crippen molar-refractivity contribution < 1.29 is 9.53 Å². The number of hydrogen-bond donors (Lipinski definition) is 1. The number of ether oxygens (including phenoxy) is 1. The Morgan fingerprint density at radius 1 is 1.04 bits per heavy atom. The first-order valence-corrected chi connectivity index (χ1v) is 8.96. The Morgan fingerprint density at radius 3 is 2.50 bits per heavy atom. The minimum Gasteiger partial charge on any atom is -0.490 e. The van der Waals surface area contributed by atoms with E-state index in [2.05, 4.69) is 10.4 Å². The Labute approximate surface area is 152 Å². The summed E-state index contributed by atoms with van der Waals surface area (Å²) in [5.74, 6) is 0.670. The second-order valence-corrected chi connectivity index (χ2v) is 6.51. The molecule has 5 heteroatoms. The number of nitrogens with zero attached hydrogens (tertiary/aromatic N) is 2. The van der Waals surface area contributed by atoms with Crippen molar-refractivity contribution in [3.8, 4) is 11.4 Å². The minimum absolute atomic E-state index is 0.184. The van der Waals surface area contributed by atoms with Gasteiger partial charge in [-0.2, -0.15) is 5.10 Å². The molecule has 1 amide bonds. The maximum absolute atomic E-state index is 12.4. The summed E-state index contributed by atoms with van der Waals surface area (Å²) < 4.78 is 7.63. The van der Waals surface area contributed by atoms with Crippen molar-refractivity contribution in [3.63, 3.8) is 0 Å². The lowest BCUT2D eigenvalue weighted by molar-refractivity contribution is 0.102. The normalized spacial score (nSPS) is 14.3. The fourth-order valence-electron chi connectivity index (χ4n) is 3.18. The SMILES string of the molecule is O=C(Nc1ccc(OC2CCCC2)cc1)c1cnn(-c2ccccc2)c1. The van der Waals surface area contributed by atoms with Gasteiger partial charge in [-0.3, -0.25) is 4.79 Å². The molecule has 2 aromatic carbocycles. The van der Waals surface area contributed by atoms with Gasteiger partial charge in [0.05, 0.1) is 23.6 Å². The van der Waals surface area contributed by atoms with Gasteiger partial charge in [0, 0.05) is 11.9 Å². The molecule has 1 aromatic heterocycles. The summed E-state index contributed by atoms with van der Waals surface area (Å²) >= 11 is 0. The van der Waals surface area contributed by atoms with Crippen LogP contribution in [-0.2, 0) is 0 Å². The van der Waals surface area contributed by atoms with Crippen molar-refractivity contribution in [1.29, 1.82) is 0 Å². The lowest BCUT2D eigenvalue weighted by Crippen LogP contribution is -2.12. The van der Waals surface area contributed by atoms with Gasteiger partial charge in [0.1, 0.15) is 5.75 Å². The third kappa shape index (κ3) is 3.77. The number of hydrogen-bond acceptors (Lipinski definition) is 3. The van der Waals surface area contributed by atoms with E-state index in [-0.39, 0.29) is 5.91 Å². The molecule has 1 heterocycles. The topological polar surface area (TPSA) is 56.1 Å². The maximum atomic E-state index is 12.4. The third-order valence-corrected chi connectivity index (χ3v) is 4.58. The summed E-state index contributed by atoms with van der Waals surface area (Å²) in [5.41, 5.74) is 2.17. The van der Waals surface area contributed by atoms with E-state index in [1.165, 1.54) is 12.8 Å². The number of carbonyl (C=O) groups excluding carboxylic acids is 1. The molecule has 1 N–H and O–H groups in total. The molecule has 0 spiro atoms. The van der Waals surface area contributed by atoms with Crippen molar-refractivity contribution in [2.45, 2.75) is 31.8 Å². The lowest BCUT2D eigenvalue weighted by atomic mass is 10.2. The third-order valence-electron chi connectivity index (χ3n) is 4.58. The number of carbonyl (C=O) groups is 1. The summed E-state index contributed by atoms with van der Waals surface area (Å²) in [6, 6.07) is 17.2. The molecule has 0 unspecified atom stereocenters. The summed E-state index contributed by atoms with van der Waals surface area (Å²) in [6.07, 6.45) is 8.38. The van der Waals surface area contributed by atoms with Crippen molar-refractivity contribution in [2.75, 3.05) is 5.32 Å². The first kappa shape index (κ1) is 16.4. The van der Waals surface area contributed by atoms with Crippen molar-refractivity contribution in [1.82, 2.24) is 9.78 Å². The highest BCUT2D eigenvalue weighted by Crippen LogP contribution is 2.25. The van der Waals surface area contributed by atoms with E-state index in [0.717, 1.165) is 30.0 Å². The second-order valence-electron chi connectivity index (χ2n) is 6.51. The zero-order valence-electron chi connectivity index (χ0n) is 14.5. The number of para-hydroxylation sites is 1. The molecule has 0 atom stereocenters. The molecule has 0 bridgehead atoms. The number of benzene rings is 2. The van der Waals surface area contributed by atoms with Crippen molar-refractivity contribution >= 4 is 11.6 Å². The smallest absolute Gasteiger partial charge is 0.258 e. The summed E-state index contributed by atoms with van der Waals surface area (Å²) in [6.45, 7) is 0. The van der Waals surface area contributed by atoms with Crippen LogP contribution in [0.1, 0.15) is 36.0 Å². The first-order chi connectivity index (χ1) is 12.8. The van der Waals surface area contributed by atoms with E-state index in [1.54, 1.807) is 17.1 Å². The van der Waals surface area contributed by atoms with Gasteiger partial charge >= 0.3 is 0 Å². The van der Waals surface area contributed by atoms with Crippen LogP contribution in [0.3, 0.4) is 0 Å². The average molecular weight is 347 g/mol. The molecule has 0 saturated heterocycles. The molecule has 1 fully saturated rings. The zero-order valence-corrected chi connectivity index (χ0v) is 14.5. The average Bonchev–Trinajstić information content (AvgIpc) is 3.36. The molecule has 4 rings (SSSR count). The largest absolute Gasteiger partial charge is 0.490 e. The predicted molar refractivity (Wildman–Crippen MR) is 101 cm³/mol. The second kappa shape index (κ2) is 7.44. The maximum Gasteiger partial charge on any atom is 0.258 e. The van der Waals surface area contributed by atoms with Gasteiger partial charge < -0.3 is 10.1 Å². The molecular formula is C21H21N3O2. The highest BCUT2D eigenvalue weighted by Gasteiger charge is 2.16. The first-order valence-electron chi connectivity index (χ1n) is 8.96. The van der Waals surface area contributed by atoms with Gasteiger partial charge in [-0.1, -0.05) is 18.2 Å². The molecule has 0 aliphatic heterocycles. The van der Waals surface area contributed by atoms with Gasteiger partial charge in [0.25, 0.3) is 5.91 Å². The molecule has 132 valence electrons. The molecule has 1 aliphatic carbocycles. The van der Waals surface area contributed by atoms with E-state index in [4.69, 9.17) is 4.74 Å². The zero-order chi connectivity index (χ0) is 17.8. The van der Waals surface area contributed by atoms with Crippen LogP contribution in [0.4, 0.5) is 5.69 Å². The van der Waals surface area contributed by atoms with E-state index < -0.39 is 0 Å². The van der Waals surface area contributed by atoms with Gasteiger partial charge in [-0.15, -0.1) is 0 Å². The van der Waals surface area contributed by atoms with Crippen LogP contribution in [0.2, 0.25) is 0 Å². The molecule has 1 aliphatic rings. The van der Waals surface area contributed by atoms with E-state index in [9.17, 15) is 4.79 Å². The molecule has 5 nitrogen and oxygen atoms in total. The van der Waals surface area contributed by atoms with Crippen LogP contribution in [0.5, 0.6) is 5.75 Å². The number of rotatable bonds is 5. The Balaban J connectivity index is 1.39. The van der Waals surface area contributed by atoms with Crippen molar-refractivity contribution in [3.05, 3.63) is 72.6 Å². The van der Waals surface area contributed by atoms with Gasteiger partial charge in [0.2, 0.25) is 0 Å². The van der Waals surface area contributed by atoms with Crippen molar-refractivity contribution in [2.24, 2.45) is 0 Å². The fraction of sp³-hybridized carbons (Fsp3) is 0.238. The summed E-state index contributed by atoms with van der Waals surface area (Å²) in [4.78, 5) is 12.4. The Morgan fingerprint density at radius 2 is 1.77 bits per heavy atom. The lowest BCUT2D eigenvalue weighted by Gasteiger charge is -2.13. The number of nitrogens with one attached hydrogen (secondary N) is 1. The standard InChI is InChI=1S/C21H21N3O2/c25-21(16-14-22-24(15-16)18-6-2-1-3-7-18)23-17-10-12-20(13-11-17)26-19-8-4-5-9-19/h1-3,6-7,10-15,19H,4-5,8-9H2,(H,23,25). The summed E-state index contributed by atoms with van der Waals surface area (Å²) in [7, 11) is 0. The van der Waals surface area contributed by atoms with Crippen LogP contribution in [0.15, 0.2) is 67.0 Å². The van der Waals surface area contributed by atoms with Crippen LogP contribution in [0, 0.1) is 0 Å². The monoisotopic (exact) mass is 347 g/mol.